The van der Waals surface area contributed by atoms with Gasteiger partial charge in [-0.2, -0.15) is 0 Å². The van der Waals surface area contributed by atoms with Crippen LogP contribution in [0.5, 0.6) is 5.75 Å². The summed E-state index contributed by atoms with van der Waals surface area (Å²) >= 11 is 6.16. The fourth-order valence-corrected chi connectivity index (χ4v) is 2.26. The Bertz CT molecular complexity index is 383. The molecule has 2 nitrogen and oxygen atoms in total. The zero-order valence-corrected chi connectivity index (χ0v) is 13.5. The predicted octanol–water partition coefficient (Wildman–Crippen LogP) is 4.50. The van der Waals surface area contributed by atoms with E-state index in [2.05, 4.69) is 26.1 Å². The Labute approximate surface area is 122 Å². The average Bonchev–Trinajstić information content (AvgIpc) is 2.34. The van der Waals surface area contributed by atoms with Crippen LogP contribution in [-0.2, 0) is 0 Å². The Balaban J connectivity index is 2.50. The number of benzene rings is 1. The Morgan fingerprint density at radius 2 is 1.79 bits per heavy atom. The molecule has 1 aromatic rings. The van der Waals surface area contributed by atoms with Gasteiger partial charge in [-0.1, -0.05) is 24.9 Å². The fraction of sp³-hybridized carbons (Fsp3) is 0.625. The maximum absolute atomic E-state index is 6.16. The van der Waals surface area contributed by atoms with Gasteiger partial charge in [-0.25, -0.2) is 0 Å². The van der Waals surface area contributed by atoms with Crippen molar-refractivity contribution in [2.75, 3.05) is 6.54 Å². The predicted molar refractivity (Wildman–Crippen MR) is 83.4 cm³/mol. The Hall–Kier alpha value is -0.730. The molecule has 0 radical (unpaired) electrons. The second-order valence-corrected chi connectivity index (χ2v) is 5.78. The number of aryl methyl sites for hydroxylation is 2. The lowest BCUT2D eigenvalue weighted by Gasteiger charge is -2.19. The highest BCUT2D eigenvalue weighted by atomic mass is 35.5. The Morgan fingerprint density at radius 1 is 1.21 bits per heavy atom. The second-order valence-electron chi connectivity index (χ2n) is 5.40. The average molecular weight is 284 g/mol. The molecule has 0 aromatic heterocycles. The minimum atomic E-state index is 0.152. The quantitative estimate of drug-likeness (QED) is 0.795. The standard InChI is InChI=1S/C16H26ClNO/c1-6-7-13(4)18-10-14(5)19-15-8-11(2)16(17)12(3)9-15/h8-9,13-14,18H,6-7,10H2,1-5H3. The van der Waals surface area contributed by atoms with Gasteiger partial charge in [0.05, 0.1) is 0 Å². The largest absolute Gasteiger partial charge is 0.489 e. The van der Waals surface area contributed by atoms with Crippen LogP contribution in [0, 0.1) is 13.8 Å². The molecular weight excluding hydrogens is 258 g/mol. The lowest BCUT2D eigenvalue weighted by atomic mass is 10.1. The summed E-state index contributed by atoms with van der Waals surface area (Å²) in [5, 5.41) is 4.32. The third-order valence-electron chi connectivity index (χ3n) is 3.22. The van der Waals surface area contributed by atoms with Crippen LogP contribution in [0.1, 0.15) is 44.7 Å². The number of ether oxygens (including phenoxy) is 1. The van der Waals surface area contributed by atoms with Gasteiger partial charge < -0.3 is 10.1 Å². The minimum absolute atomic E-state index is 0.152. The molecule has 1 N–H and O–H groups in total. The highest BCUT2D eigenvalue weighted by Crippen LogP contribution is 2.26. The molecule has 0 heterocycles. The number of hydrogen-bond acceptors (Lipinski definition) is 2. The number of halogens is 1. The van der Waals surface area contributed by atoms with Crippen LogP contribution in [0.3, 0.4) is 0 Å². The SMILES string of the molecule is CCCC(C)NCC(C)Oc1cc(C)c(Cl)c(C)c1. The van der Waals surface area contributed by atoms with E-state index in [1.807, 2.05) is 26.0 Å². The molecule has 0 fully saturated rings. The first kappa shape index (κ1) is 16.3. The summed E-state index contributed by atoms with van der Waals surface area (Å²) in [5.41, 5.74) is 2.13. The summed E-state index contributed by atoms with van der Waals surface area (Å²) in [7, 11) is 0. The Kier molecular flexibility index (Phi) is 6.67. The molecule has 0 aliphatic heterocycles. The zero-order valence-electron chi connectivity index (χ0n) is 12.7. The lowest BCUT2D eigenvalue weighted by molar-refractivity contribution is 0.211. The third-order valence-corrected chi connectivity index (χ3v) is 3.82. The highest BCUT2D eigenvalue weighted by molar-refractivity contribution is 6.32. The van der Waals surface area contributed by atoms with Gasteiger partial charge in [0.25, 0.3) is 0 Å². The summed E-state index contributed by atoms with van der Waals surface area (Å²) < 4.78 is 5.94. The van der Waals surface area contributed by atoms with Gasteiger partial charge in [-0.3, -0.25) is 0 Å². The zero-order chi connectivity index (χ0) is 14.4. The first-order valence-corrected chi connectivity index (χ1v) is 7.48. The molecule has 3 heteroatoms. The van der Waals surface area contributed by atoms with Crippen LogP contribution in [0.25, 0.3) is 0 Å². The number of nitrogens with one attached hydrogen (secondary N) is 1. The van der Waals surface area contributed by atoms with Crippen LogP contribution < -0.4 is 10.1 Å². The third kappa shape index (κ3) is 5.42. The van der Waals surface area contributed by atoms with E-state index in [4.69, 9.17) is 16.3 Å². The molecule has 2 atom stereocenters. The molecule has 0 saturated heterocycles. The topological polar surface area (TPSA) is 21.3 Å². The van der Waals surface area contributed by atoms with Gasteiger partial charge in [0.2, 0.25) is 0 Å². The number of hydrogen-bond donors (Lipinski definition) is 1. The van der Waals surface area contributed by atoms with E-state index in [9.17, 15) is 0 Å². The van der Waals surface area contributed by atoms with Gasteiger partial charge in [0.1, 0.15) is 11.9 Å². The van der Waals surface area contributed by atoms with Crippen molar-refractivity contribution in [1.82, 2.24) is 5.32 Å². The molecule has 0 aliphatic carbocycles. The van der Waals surface area contributed by atoms with E-state index in [-0.39, 0.29) is 6.10 Å². The van der Waals surface area contributed by atoms with Crippen molar-refractivity contribution >= 4 is 11.6 Å². The first-order valence-electron chi connectivity index (χ1n) is 7.10. The molecule has 0 saturated carbocycles. The van der Waals surface area contributed by atoms with Crippen molar-refractivity contribution < 1.29 is 4.74 Å². The molecule has 1 rings (SSSR count). The maximum atomic E-state index is 6.16. The normalized spacial score (nSPS) is 14.2. The maximum Gasteiger partial charge on any atom is 0.120 e. The number of rotatable bonds is 7. The van der Waals surface area contributed by atoms with Gasteiger partial charge in [-0.15, -0.1) is 0 Å². The van der Waals surface area contributed by atoms with Crippen LogP contribution in [-0.4, -0.2) is 18.7 Å². The van der Waals surface area contributed by atoms with E-state index in [0.717, 1.165) is 28.4 Å². The molecule has 0 amide bonds. The summed E-state index contributed by atoms with van der Waals surface area (Å²) in [5.74, 6) is 0.900. The molecule has 19 heavy (non-hydrogen) atoms. The van der Waals surface area contributed by atoms with Gasteiger partial charge in [-0.05, 0) is 57.4 Å². The van der Waals surface area contributed by atoms with Gasteiger partial charge in [0, 0.05) is 17.6 Å². The molecular formula is C16H26ClNO. The highest BCUT2D eigenvalue weighted by Gasteiger charge is 2.09. The lowest BCUT2D eigenvalue weighted by Crippen LogP contribution is -2.35. The van der Waals surface area contributed by atoms with Crippen LogP contribution >= 0.6 is 11.6 Å². The fourth-order valence-electron chi connectivity index (χ4n) is 2.15. The van der Waals surface area contributed by atoms with Crippen molar-refractivity contribution in [3.8, 4) is 5.75 Å². The van der Waals surface area contributed by atoms with Gasteiger partial charge >= 0.3 is 0 Å². The van der Waals surface area contributed by atoms with Crippen LogP contribution in [0.4, 0.5) is 0 Å². The molecule has 0 aliphatic rings. The van der Waals surface area contributed by atoms with Crippen LogP contribution in [0.2, 0.25) is 5.02 Å². The van der Waals surface area contributed by atoms with Crippen molar-refractivity contribution in [2.24, 2.45) is 0 Å². The van der Waals surface area contributed by atoms with Crippen molar-refractivity contribution in [2.45, 2.75) is 59.6 Å². The summed E-state index contributed by atoms with van der Waals surface area (Å²) in [6.45, 7) is 11.4. The second kappa shape index (κ2) is 7.76. The van der Waals surface area contributed by atoms with Gasteiger partial charge in [0.15, 0.2) is 0 Å². The van der Waals surface area contributed by atoms with E-state index in [1.54, 1.807) is 0 Å². The van der Waals surface area contributed by atoms with Crippen molar-refractivity contribution in [1.29, 1.82) is 0 Å². The minimum Gasteiger partial charge on any atom is -0.489 e. The van der Waals surface area contributed by atoms with Crippen molar-refractivity contribution in [3.05, 3.63) is 28.3 Å². The Morgan fingerprint density at radius 3 is 2.32 bits per heavy atom. The van der Waals surface area contributed by atoms with E-state index >= 15 is 0 Å². The first-order chi connectivity index (χ1) is 8.93. The monoisotopic (exact) mass is 283 g/mol. The molecule has 0 bridgehead atoms. The van der Waals surface area contributed by atoms with E-state index < -0.39 is 0 Å². The molecule has 1 aromatic carbocycles. The molecule has 2 unspecified atom stereocenters. The summed E-state index contributed by atoms with van der Waals surface area (Å²) in [4.78, 5) is 0. The smallest absolute Gasteiger partial charge is 0.120 e. The van der Waals surface area contributed by atoms with Crippen molar-refractivity contribution in [3.63, 3.8) is 0 Å². The summed E-state index contributed by atoms with van der Waals surface area (Å²) in [6, 6.07) is 4.55. The van der Waals surface area contributed by atoms with Crippen LogP contribution in [0.15, 0.2) is 12.1 Å². The molecule has 0 spiro atoms. The summed E-state index contributed by atoms with van der Waals surface area (Å²) in [6.07, 6.45) is 2.56. The molecule has 108 valence electrons. The van der Waals surface area contributed by atoms with E-state index in [0.29, 0.717) is 6.04 Å². The van der Waals surface area contributed by atoms with E-state index in [1.165, 1.54) is 12.8 Å².